The van der Waals surface area contributed by atoms with E-state index in [4.69, 9.17) is 32.7 Å². The molecular formula is C15H12Br2Cl2O2. The molecule has 112 valence electrons. The van der Waals surface area contributed by atoms with E-state index in [0.717, 1.165) is 20.1 Å². The lowest BCUT2D eigenvalue weighted by Gasteiger charge is -2.17. The first kappa shape index (κ1) is 16.9. The van der Waals surface area contributed by atoms with E-state index in [2.05, 4.69) is 31.9 Å². The lowest BCUT2D eigenvalue weighted by Crippen LogP contribution is -1.99. The minimum atomic E-state index is -0.403. The van der Waals surface area contributed by atoms with Crippen molar-refractivity contribution in [1.82, 2.24) is 0 Å². The van der Waals surface area contributed by atoms with Gasteiger partial charge in [-0.2, -0.15) is 0 Å². The lowest BCUT2D eigenvalue weighted by molar-refractivity contribution is 0.354. The molecule has 0 saturated heterocycles. The zero-order valence-corrected chi connectivity index (χ0v) is 16.0. The van der Waals surface area contributed by atoms with Gasteiger partial charge >= 0.3 is 0 Å². The Labute approximate surface area is 150 Å². The highest BCUT2D eigenvalue weighted by Crippen LogP contribution is 2.42. The van der Waals surface area contributed by atoms with E-state index in [1.807, 2.05) is 18.2 Å². The maximum absolute atomic E-state index is 6.59. The fourth-order valence-corrected chi connectivity index (χ4v) is 4.04. The largest absolute Gasteiger partial charge is 0.493 e. The summed E-state index contributed by atoms with van der Waals surface area (Å²) in [5.74, 6) is 1.17. The van der Waals surface area contributed by atoms with Crippen LogP contribution >= 0.6 is 55.1 Å². The Morgan fingerprint density at radius 3 is 2.14 bits per heavy atom. The van der Waals surface area contributed by atoms with Crippen LogP contribution in [0.15, 0.2) is 39.3 Å². The monoisotopic (exact) mass is 452 g/mol. The molecule has 0 aliphatic carbocycles. The molecule has 0 radical (unpaired) electrons. The zero-order chi connectivity index (χ0) is 15.6. The highest BCUT2D eigenvalue weighted by Gasteiger charge is 2.20. The van der Waals surface area contributed by atoms with Gasteiger partial charge in [-0.05, 0) is 29.3 Å². The van der Waals surface area contributed by atoms with Crippen molar-refractivity contribution in [2.75, 3.05) is 14.2 Å². The van der Waals surface area contributed by atoms with Crippen molar-refractivity contribution in [3.05, 3.63) is 55.4 Å². The number of hydrogen-bond donors (Lipinski definition) is 0. The normalized spacial score (nSPS) is 12.1. The lowest BCUT2D eigenvalue weighted by atomic mass is 10.0. The predicted molar refractivity (Wildman–Crippen MR) is 94.1 cm³/mol. The first-order valence-corrected chi connectivity index (χ1v) is 8.38. The maximum atomic E-state index is 6.59. The number of benzene rings is 2. The van der Waals surface area contributed by atoms with E-state index in [1.54, 1.807) is 26.4 Å². The number of rotatable bonds is 4. The standard InChI is InChI=1S/C15H12Br2Cl2O2/c1-20-13-6-10(12(18)7-14(13)21-2)15(19)9-4-3-8(16)5-11(9)17/h3-7,15H,1-2H3. The number of hydrogen-bond acceptors (Lipinski definition) is 2. The van der Waals surface area contributed by atoms with Crippen LogP contribution < -0.4 is 9.47 Å². The molecule has 0 amide bonds. The van der Waals surface area contributed by atoms with Crippen LogP contribution in [0.5, 0.6) is 11.5 Å². The van der Waals surface area contributed by atoms with Crippen molar-refractivity contribution < 1.29 is 9.47 Å². The fourth-order valence-electron chi connectivity index (χ4n) is 1.94. The summed E-state index contributed by atoms with van der Waals surface area (Å²) in [4.78, 5) is 0. The quantitative estimate of drug-likeness (QED) is 0.511. The van der Waals surface area contributed by atoms with Gasteiger partial charge in [-0.25, -0.2) is 0 Å². The van der Waals surface area contributed by atoms with Crippen LogP contribution in [-0.2, 0) is 0 Å². The summed E-state index contributed by atoms with van der Waals surface area (Å²) in [5.41, 5.74) is 1.69. The second-order valence-corrected chi connectivity index (χ2v) is 6.87. The van der Waals surface area contributed by atoms with Gasteiger partial charge in [0.1, 0.15) is 0 Å². The smallest absolute Gasteiger partial charge is 0.162 e. The van der Waals surface area contributed by atoms with Gasteiger partial charge in [0.2, 0.25) is 0 Å². The first-order chi connectivity index (χ1) is 9.97. The molecule has 2 aromatic carbocycles. The van der Waals surface area contributed by atoms with Gasteiger partial charge in [0.15, 0.2) is 11.5 Å². The van der Waals surface area contributed by atoms with E-state index >= 15 is 0 Å². The molecule has 0 heterocycles. The van der Waals surface area contributed by atoms with Gasteiger partial charge < -0.3 is 9.47 Å². The van der Waals surface area contributed by atoms with Gasteiger partial charge in [0.05, 0.1) is 19.6 Å². The summed E-state index contributed by atoms with van der Waals surface area (Å²) in [6.07, 6.45) is 0. The molecule has 2 rings (SSSR count). The van der Waals surface area contributed by atoms with Crippen LogP contribution in [0.4, 0.5) is 0 Å². The fraction of sp³-hybridized carbons (Fsp3) is 0.200. The third-order valence-corrected chi connectivity index (χ3v) is 4.99. The molecule has 1 unspecified atom stereocenters. The molecule has 0 bridgehead atoms. The maximum Gasteiger partial charge on any atom is 0.162 e. The molecule has 6 heteroatoms. The molecule has 21 heavy (non-hydrogen) atoms. The van der Waals surface area contributed by atoms with Crippen molar-refractivity contribution in [3.63, 3.8) is 0 Å². The molecule has 0 aliphatic rings. The minimum Gasteiger partial charge on any atom is -0.493 e. The van der Waals surface area contributed by atoms with Crippen LogP contribution in [0, 0.1) is 0 Å². The Hall–Kier alpha value is -0.420. The highest BCUT2D eigenvalue weighted by molar-refractivity contribution is 9.11. The summed E-state index contributed by atoms with van der Waals surface area (Å²) in [7, 11) is 3.14. The Balaban J connectivity index is 2.50. The first-order valence-electron chi connectivity index (χ1n) is 5.98. The Morgan fingerprint density at radius 2 is 1.57 bits per heavy atom. The van der Waals surface area contributed by atoms with Crippen LogP contribution in [0.25, 0.3) is 0 Å². The minimum absolute atomic E-state index is 0.403. The zero-order valence-electron chi connectivity index (χ0n) is 11.3. The van der Waals surface area contributed by atoms with E-state index in [1.165, 1.54) is 0 Å². The predicted octanol–water partition coefficient (Wildman–Crippen LogP) is 6.21. The third-order valence-electron chi connectivity index (χ3n) is 3.01. The Kier molecular flexibility index (Phi) is 5.83. The second-order valence-electron chi connectivity index (χ2n) is 4.26. The van der Waals surface area contributed by atoms with Crippen LogP contribution in [0.2, 0.25) is 5.02 Å². The third kappa shape index (κ3) is 3.67. The summed E-state index contributed by atoms with van der Waals surface area (Å²) in [5, 5.41) is 0.127. The van der Waals surface area contributed by atoms with Crippen molar-refractivity contribution in [1.29, 1.82) is 0 Å². The number of halogens is 4. The number of methoxy groups -OCH3 is 2. The van der Waals surface area contributed by atoms with Gasteiger partial charge in [-0.3, -0.25) is 0 Å². The molecule has 2 nitrogen and oxygen atoms in total. The van der Waals surface area contributed by atoms with E-state index in [-0.39, 0.29) is 0 Å². The molecule has 0 aromatic heterocycles. The topological polar surface area (TPSA) is 18.5 Å². The van der Waals surface area contributed by atoms with Gasteiger partial charge in [-0.1, -0.05) is 49.5 Å². The average Bonchev–Trinajstić information content (AvgIpc) is 2.46. The molecular weight excluding hydrogens is 443 g/mol. The highest BCUT2D eigenvalue weighted by atomic mass is 79.9. The average molecular weight is 455 g/mol. The van der Waals surface area contributed by atoms with E-state index in [9.17, 15) is 0 Å². The molecule has 0 N–H and O–H groups in total. The SMILES string of the molecule is COc1cc(Cl)c(C(Cl)c2ccc(Br)cc2Br)cc1OC. The van der Waals surface area contributed by atoms with Crippen LogP contribution in [0.1, 0.15) is 16.5 Å². The summed E-state index contributed by atoms with van der Waals surface area (Å²) in [6.45, 7) is 0. The molecule has 0 saturated carbocycles. The van der Waals surface area contributed by atoms with E-state index < -0.39 is 5.38 Å². The summed E-state index contributed by atoms with van der Waals surface area (Å²) in [6, 6.07) is 9.33. The van der Waals surface area contributed by atoms with Gasteiger partial charge in [-0.15, -0.1) is 11.6 Å². The van der Waals surface area contributed by atoms with Gasteiger partial charge in [0.25, 0.3) is 0 Å². The van der Waals surface area contributed by atoms with Crippen molar-refractivity contribution >= 4 is 55.1 Å². The second kappa shape index (κ2) is 7.23. The number of ether oxygens (including phenoxy) is 2. The molecule has 1 atom stereocenters. The summed E-state index contributed by atoms with van der Waals surface area (Å²) >= 11 is 19.9. The summed E-state index contributed by atoms with van der Waals surface area (Å²) < 4.78 is 12.4. The van der Waals surface area contributed by atoms with Crippen LogP contribution in [-0.4, -0.2) is 14.2 Å². The molecule has 0 fully saturated rings. The van der Waals surface area contributed by atoms with Crippen molar-refractivity contribution in [2.24, 2.45) is 0 Å². The Bertz CT molecular complexity index is 662. The number of alkyl halides is 1. The van der Waals surface area contributed by atoms with Crippen molar-refractivity contribution in [2.45, 2.75) is 5.38 Å². The molecule has 0 aliphatic heterocycles. The molecule has 2 aromatic rings. The van der Waals surface area contributed by atoms with Gasteiger partial charge in [0, 0.05) is 20.0 Å². The Morgan fingerprint density at radius 1 is 0.952 bits per heavy atom. The van der Waals surface area contributed by atoms with Crippen LogP contribution in [0.3, 0.4) is 0 Å². The van der Waals surface area contributed by atoms with E-state index in [0.29, 0.717) is 16.5 Å². The molecule has 0 spiro atoms. The van der Waals surface area contributed by atoms with Crippen molar-refractivity contribution in [3.8, 4) is 11.5 Å².